The molecule has 1 spiro atoms. The fourth-order valence-electron chi connectivity index (χ4n) is 7.50. The molecule has 33 heavy (non-hydrogen) atoms. The van der Waals surface area contributed by atoms with Gasteiger partial charge < -0.3 is 19.3 Å². The third-order valence-electron chi connectivity index (χ3n) is 7.89. The van der Waals surface area contributed by atoms with Crippen molar-refractivity contribution in [1.29, 1.82) is 0 Å². The van der Waals surface area contributed by atoms with Gasteiger partial charge in [0.1, 0.15) is 5.75 Å². The maximum atomic E-state index is 11.3. The summed E-state index contributed by atoms with van der Waals surface area (Å²) in [7, 11) is 1.56. The van der Waals surface area contributed by atoms with Crippen molar-refractivity contribution in [2.45, 2.75) is 65.3 Å². The van der Waals surface area contributed by atoms with Crippen LogP contribution in [0.3, 0.4) is 0 Å². The molecule has 0 amide bonds. The first-order valence-electron chi connectivity index (χ1n) is 11.8. The summed E-state index contributed by atoms with van der Waals surface area (Å²) < 4.78 is 17.3. The molecule has 3 aromatic carbocycles. The zero-order valence-electron chi connectivity index (χ0n) is 20.3. The lowest BCUT2D eigenvalue weighted by Gasteiger charge is -2.51. The first-order valence-corrected chi connectivity index (χ1v) is 11.8. The molecule has 4 heteroatoms. The standard InChI is InChI=1S/C29H32O4/c1-26(2)14-27(3,4)16-29(15-26)20-10-8-7-9-17(20)25-19-12-24-23(32-28(5,31-6)33-24)11-18(19)22(30)13-21(25)29/h7-13,30H,14-16H2,1-6H3. The van der Waals surface area contributed by atoms with E-state index in [9.17, 15) is 5.11 Å². The van der Waals surface area contributed by atoms with E-state index in [1.165, 1.54) is 28.7 Å². The molecule has 172 valence electrons. The van der Waals surface area contributed by atoms with Crippen LogP contribution < -0.4 is 9.47 Å². The van der Waals surface area contributed by atoms with Gasteiger partial charge in [-0.1, -0.05) is 52.0 Å². The summed E-state index contributed by atoms with van der Waals surface area (Å²) in [5.74, 6) is 0.356. The quantitative estimate of drug-likeness (QED) is 0.433. The van der Waals surface area contributed by atoms with Crippen LogP contribution in [-0.2, 0) is 10.2 Å². The monoisotopic (exact) mass is 444 g/mol. The first-order chi connectivity index (χ1) is 15.5. The average Bonchev–Trinajstić information content (AvgIpc) is 3.17. The van der Waals surface area contributed by atoms with E-state index in [4.69, 9.17) is 14.2 Å². The van der Waals surface area contributed by atoms with Gasteiger partial charge >= 0.3 is 5.97 Å². The Morgan fingerprint density at radius 2 is 1.39 bits per heavy atom. The number of phenols is 1. The van der Waals surface area contributed by atoms with Crippen molar-refractivity contribution < 1.29 is 19.3 Å². The van der Waals surface area contributed by atoms with Gasteiger partial charge in [0.25, 0.3) is 0 Å². The Balaban J connectivity index is 1.67. The van der Waals surface area contributed by atoms with Gasteiger partial charge in [-0.05, 0) is 75.9 Å². The zero-order valence-corrected chi connectivity index (χ0v) is 20.3. The number of hydrogen-bond donors (Lipinski definition) is 1. The molecule has 0 radical (unpaired) electrons. The molecule has 1 aliphatic heterocycles. The first kappa shape index (κ1) is 20.9. The Kier molecular flexibility index (Phi) is 3.94. The van der Waals surface area contributed by atoms with Crippen molar-refractivity contribution >= 4 is 10.8 Å². The maximum Gasteiger partial charge on any atom is 0.368 e. The molecule has 2 aliphatic carbocycles. The minimum absolute atomic E-state index is 0.125. The van der Waals surface area contributed by atoms with Gasteiger partial charge in [-0.15, -0.1) is 0 Å². The molecule has 1 fully saturated rings. The van der Waals surface area contributed by atoms with Crippen LogP contribution in [0.1, 0.15) is 65.0 Å². The summed E-state index contributed by atoms with van der Waals surface area (Å²) in [5, 5.41) is 13.1. The van der Waals surface area contributed by atoms with Gasteiger partial charge in [0.05, 0.1) is 0 Å². The number of rotatable bonds is 1. The van der Waals surface area contributed by atoms with Gasteiger partial charge in [-0.25, -0.2) is 0 Å². The van der Waals surface area contributed by atoms with Crippen LogP contribution in [0.15, 0.2) is 42.5 Å². The predicted octanol–water partition coefficient (Wildman–Crippen LogP) is 7.14. The van der Waals surface area contributed by atoms with Crippen LogP contribution in [0, 0.1) is 10.8 Å². The molecule has 4 nitrogen and oxygen atoms in total. The summed E-state index contributed by atoms with van der Waals surface area (Å²) in [6.07, 6.45) is 3.31. The number of fused-ring (bicyclic) bond motifs is 8. The maximum absolute atomic E-state index is 11.3. The second-order valence-corrected chi connectivity index (χ2v) is 11.9. The minimum Gasteiger partial charge on any atom is -0.507 e. The second-order valence-electron chi connectivity index (χ2n) is 11.9. The number of methoxy groups -OCH3 is 1. The van der Waals surface area contributed by atoms with E-state index in [1.807, 2.05) is 18.2 Å². The van der Waals surface area contributed by atoms with Gasteiger partial charge in [0, 0.05) is 24.8 Å². The van der Waals surface area contributed by atoms with Crippen molar-refractivity contribution in [3.63, 3.8) is 0 Å². The summed E-state index contributed by atoms with van der Waals surface area (Å²) in [5.41, 5.74) is 5.35. The third kappa shape index (κ3) is 2.86. The van der Waals surface area contributed by atoms with Gasteiger partial charge in [-0.2, -0.15) is 0 Å². The van der Waals surface area contributed by atoms with E-state index in [0.717, 1.165) is 23.6 Å². The molecule has 3 aliphatic rings. The third-order valence-corrected chi connectivity index (χ3v) is 7.89. The highest BCUT2D eigenvalue weighted by Gasteiger charge is 2.53. The summed E-state index contributed by atoms with van der Waals surface area (Å²) in [4.78, 5) is 0. The van der Waals surface area contributed by atoms with E-state index in [0.29, 0.717) is 11.5 Å². The fraction of sp³-hybridized carbons (Fsp3) is 0.448. The van der Waals surface area contributed by atoms with Crippen LogP contribution in [-0.4, -0.2) is 18.2 Å². The Hall–Kier alpha value is -2.72. The largest absolute Gasteiger partial charge is 0.507 e. The second kappa shape index (κ2) is 6.24. The van der Waals surface area contributed by atoms with Crippen LogP contribution in [0.2, 0.25) is 0 Å². The van der Waals surface area contributed by atoms with E-state index >= 15 is 0 Å². The summed E-state index contributed by atoms with van der Waals surface area (Å²) in [6, 6.07) is 14.7. The summed E-state index contributed by atoms with van der Waals surface area (Å²) in [6.45, 7) is 11.3. The van der Waals surface area contributed by atoms with Crippen LogP contribution in [0.4, 0.5) is 0 Å². The average molecular weight is 445 g/mol. The van der Waals surface area contributed by atoms with Crippen LogP contribution in [0.25, 0.3) is 21.9 Å². The smallest absolute Gasteiger partial charge is 0.368 e. The Bertz CT molecular complexity index is 1300. The molecule has 1 atom stereocenters. The number of phenolic OH excluding ortho intramolecular Hbond substituents is 1. The Morgan fingerprint density at radius 3 is 2.03 bits per heavy atom. The molecule has 0 bridgehead atoms. The Labute approximate surface area is 195 Å². The molecule has 1 N–H and O–H groups in total. The van der Waals surface area contributed by atoms with Crippen LogP contribution >= 0.6 is 0 Å². The van der Waals surface area contributed by atoms with Crippen molar-refractivity contribution in [3.8, 4) is 28.4 Å². The lowest BCUT2D eigenvalue weighted by Crippen LogP contribution is -2.43. The molecule has 0 saturated heterocycles. The molecule has 0 aromatic heterocycles. The van der Waals surface area contributed by atoms with Crippen molar-refractivity contribution in [1.82, 2.24) is 0 Å². The van der Waals surface area contributed by atoms with E-state index in [2.05, 4.69) is 52.0 Å². The fourth-order valence-corrected chi connectivity index (χ4v) is 7.50. The molecular weight excluding hydrogens is 412 g/mol. The predicted molar refractivity (Wildman–Crippen MR) is 130 cm³/mol. The minimum atomic E-state index is -1.16. The highest BCUT2D eigenvalue weighted by molar-refractivity contribution is 6.06. The van der Waals surface area contributed by atoms with E-state index in [1.54, 1.807) is 14.0 Å². The Morgan fingerprint density at radius 1 is 0.788 bits per heavy atom. The number of benzene rings is 3. The van der Waals surface area contributed by atoms with Gasteiger partial charge in [0.2, 0.25) is 0 Å². The van der Waals surface area contributed by atoms with E-state index < -0.39 is 5.97 Å². The van der Waals surface area contributed by atoms with Crippen LogP contribution in [0.5, 0.6) is 17.2 Å². The van der Waals surface area contributed by atoms with Crippen molar-refractivity contribution in [2.75, 3.05) is 7.11 Å². The van der Waals surface area contributed by atoms with Crippen molar-refractivity contribution in [3.05, 3.63) is 53.6 Å². The molecule has 1 heterocycles. The lowest BCUT2D eigenvalue weighted by atomic mass is 9.52. The molecule has 1 unspecified atom stereocenters. The molecule has 3 aromatic rings. The van der Waals surface area contributed by atoms with Crippen molar-refractivity contribution in [2.24, 2.45) is 10.8 Å². The van der Waals surface area contributed by atoms with E-state index in [-0.39, 0.29) is 22.0 Å². The van der Waals surface area contributed by atoms with Gasteiger partial charge in [0.15, 0.2) is 11.5 Å². The molecule has 1 saturated carbocycles. The molecular formula is C29H32O4. The highest BCUT2D eigenvalue weighted by Crippen LogP contribution is 2.65. The summed E-state index contributed by atoms with van der Waals surface area (Å²) >= 11 is 0. The normalized spacial score (nSPS) is 25.3. The zero-order chi connectivity index (χ0) is 23.4. The highest BCUT2D eigenvalue weighted by atomic mass is 16.9. The molecule has 6 rings (SSSR count). The lowest BCUT2D eigenvalue weighted by molar-refractivity contribution is -0.254. The van der Waals surface area contributed by atoms with Gasteiger partial charge in [-0.3, -0.25) is 0 Å². The number of aromatic hydroxyl groups is 1. The SMILES string of the molecule is COC1(C)Oc2cc3c(O)cc4c(c3cc2O1)-c1ccccc1C41CC(C)(C)CC(C)(C)C1. The number of ether oxygens (including phenoxy) is 3. The number of hydrogen-bond acceptors (Lipinski definition) is 4. The topological polar surface area (TPSA) is 47.9 Å².